The molecule has 0 saturated heterocycles. The molecule has 0 aliphatic rings. The lowest BCUT2D eigenvalue weighted by Crippen LogP contribution is -1.83. The highest BCUT2D eigenvalue weighted by Crippen LogP contribution is 2.21. The number of nitrogens with zero attached hydrogens (tertiary/aromatic N) is 2. The van der Waals surface area contributed by atoms with Crippen molar-refractivity contribution in [1.29, 1.82) is 0 Å². The molecule has 0 aliphatic heterocycles. The summed E-state index contributed by atoms with van der Waals surface area (Å²) in [5.41, 5.74) is 0.927. The summed E-state index contributed by atoms with van der Waals surface area (Å²) >= 11 is 1.47. The molecule has 2 rings (SSSR count). The van der Waals surface area contributed by atoms with Gasteiger partial charge < -0.3 is 0 Å². The molecule has 0 saturated carbocycles. The summed E-state index contributed by atoms with van der Waals surface area (Å²) in [4.78, 5) is 19.1. The maximum absolute atomic E-state index is 10.1. The van der Waals surface area contributed by atoms with Gasteiger partial charge >= 0.3 is 0 Å². The number of aromatic nitrogens is 2. The summed E-state index contributed by atoms with van der Waals surface area (Å²) in [5.74, 6) is 5.77. The van der Waals surface area contributed by atoms with Crippen LogP contribution in [0.2, 0.25) is 0 Å². The summed E-state index contributed by atoms with van der Waals surface area (Å²) in [6.45, 7) is 0. The van der Waals surface area contributed by atoms with Crippen LogP contribution in [0.1, 0.15) is 4.88 Å². The van der Waals surface area contributed by atoms with Gasteiger partial charge in [-0.05, 0) is 24.0 Å². The lowest BCUT2D eigenvalue weighted by atomic mass is 10.3. The molecule has 15 heavy (non-hydrogen) atoms. The van der Waals surface area contributed by atoms with Gasteiger partial charge in [0.1, 0.15) is 0 Å². The van der Waals surface area contributed by atoms with Crippen molar-refractivity contribution in [2.75, 3.05) is 0 Å². The zero-order valence-electron chi connectivity index (χ0n) is 7.68. The van der Waals surface area contributed by atoms with Crippen LogP contribution in [-0.4, -0.2) is 16.3 Å². The molecule has 0 bridgehead atoms. The summed E-state index contributed by atoms with van der Waals surface area (Å²) in [5, 5.41) is 1.92. The van der Waals surface area contributed by atoms with E-state index in [1.54, 1.807) is 18.5 Å². The molecule has 0 N–H and O–H groups in total. The fraction of sp³-hybridized carbons (Fsp3) is 0. The Bertz CT molecular complexity index is 522. The van der Waals surface area contributed by atoms with Crippen LogP contribution in [0.3, 0.4) is 0 Å². The summed E-state index contributed by atoms with van der Waals surface area (Å²) in [6.07, 6.45) is 3.96. The Morgan fingerprint density at radius 1 is 1.33 bits per heavy atom. The quantitative estimate of drug-likeness (QED) is 0.536. The van der Waals surface area contributed by atoms with E-state index in [-0.39, 0.29) is 0 Å². The van der Waals surface area contributed by atoms with Gasteiger partial charge in [0.05, 0.1) is 4.88 Å². The Kier molecular flexibility index (Phi) is 2.86. The second-order valence-corrected chi connectivity index (χ2v) is 3.57. The van der Waals surface area contributed by atoms with Gasteiger partial charge in [-0.3, -0.25) is 4.79 Å². The van der Waals surface area contributed by atoms with Gasteiger partial charge in [0.2, 0.25) is 0 Å². The van der Waals surface area contributed by atoms with Gasteiger partial charge in [-0.1, -0.05) is 0 Å². The smallest absolute Gasteiger partial charge is 0.193 e. The summed E-state index contributed by atoms with van der Waals surface area (Å²) < 4.78 is 0. The van der Waals surface area contributed by atoms with Crippen molar-refractivity contribution < 1.29 is 4.79 Å². The van der Waals surface area contributed by atoms with E-state index in [1.165, 1.54) is 11.3 Å². The van der Waals surface area contributed by atoms with E-state index in [4.69, 9.17) is 0 Å². The number of hydrogen-bond donors (Lipinski definition) is 0. The second kappa shape index (κ2) is 4.49. The third-order valence-corrected chi connectivity index (χ3v) is 2.52. The molecule has 0 amide bonds. The average molecular weight is 214 g/mol. The zero-order valence-corrected chi connectivity index (χ0v) is 8.49. The third kappa shape index (κ3) is 2.27. The lowest BCUT2D eigenvalue weighted by Gasteiger charge is -1.91. The van der Waals surface area contributed by atoms with Crippen molar-refractivity contribution in [2.24, 2.45) is 0 Å². The highest BCUT2D eigenvalue weighted by molar-refractivity contribution is 7.11. The SMILES string of the molecule is O=CC#Cc1cc(-c2ncccn2)cs1. The number of hydrogen-bond acceptors (Lipinski definition) is 4. The molecule has 0 spiro atoms. The predicted octanol–water partition coefficient (Wildman–Crippen LogP) is 1.76. The minimum absolute atomic E-state index is 0.582. The van der Waals surface area contributed by atoms with Crippen molar-refractivity contribution in [3.63, 3.8) is 0 Å². The third-order valence-electron chi connectivity index (χ3n) is 1.68. The minimum atomic E-state index is 0.582. The molecule has 0 aliphatic carbocycles. The fourth-order valence-electron chi connectivity index (χ4n) is 1.07. The topological polar surface area (TPSA) is 42.9 Å². The van der Waals surface area contributed by atoms with Gasteiger partial charge in [-0.25, -0.2) is 9.97 Å². The van der Waals surface area contributed by atoms with Crippen molar-refractivity contribution >= 4 is 17.6 Å². The Hall–Kier alpha value is -1.99. The number of thiophene rings is 1. The molecule has 2 heterocycles. The van der Waals surface area contributed by atoms with Gasteiger partial charge in [-0.15, -0.1) is 11.3 Å². The molecule has 0 aromatic carbocycles. The summed E-state index contributed by atoms with van der Waals surface area (Å²) in [6, 6.07) is 3.64. The van der Waals surface area contributed by atoms with E-state index < -0.39 is 0 Å². The molecule has 4 heteroatoms. The van der Waals surface area contributed by atoms with Crippen molar-refractivity contribution in [3.8, 4) is 23.2 Å². The molecule has 2 aromatic rings. The average Bonchev–Trinajstić information content (AvgIpc) is 2.76. The first-order valence-corrected chi connectivity index (χ1v) is 5.09. The van der Waals surface area contributed by atoms with E-state index in [9.17, 15) is 4.79 Å². The molecule has 0 atom stereocenters. The molecule has 0 unspecified atom stereocenters. The van der Waals surface area contributed by atoms with Gasteiger partial charge in [0, 0.05) is 23.3 Å². The molecule has 3 nitrogen and oxygen atoms in total. The second-order valence-electron chi connectivity index (χ2n) is 2.66. The largest absolute Gasteiger partial charge is 0.289 e. The van der Waals surface area contributed by atoms with Crippen LogP contribution in [0.25, 0.3) is 11.4 Å². The van der Waals surface area contributed by atoms with E-state index in [0.717, 1.165) is 10.4 Å². The molecule has 0 fully saturated rings. The van der Waals surface area contributed by atoms with Gasteiger partial charge in [0.25, 0.3) is 0 Å². The van der Waals surface area contributed by atoms with Crippen molar-refractivity contribution in [1.82, 2.24) is 9.97 Å². The van der Waals surface area contributed by atoms with Crippen LogP contribution >= 0.6 is 11.3 Å². The number of aldehydes is 1. The maximum atomic E-state index is 10.1. The maximum Gasteiger partial charge on any atom is 0.193 e. The monoisotopic (exact) mass is 214 g/mol. The van der Waals surface area contributed by atoms with Gasteiger partial charge in [0.15, 0.2) is 12.1 Å². The fourth-order valence-corrected chi connectivity index (χ4v) is 1.81. The van der Waals surface area contributed by atoms with E-state index in [0.29, 0.717) is 12.1 Å². The standard InChI is InChI=1S/C11H6N2OS/c14-6-1-3-10-7-9(8-15-10)11-12-4-2-5-13-11/h2,4-8H. The Morgan fingerprint density at radius 3 is 2.87 bits per heavy atom. The first-order chi connectivity index (χ1) is 7.40. The predicted molar refractivity (Wildman–Crippen MR) is 58.3 cm³/mol. The Morgan fingerprint density at radius 2 is 2.13 bits per heavy atom. The van der Waals surface area contributed by atoms with Crippen LogP contribution in [0, 0.1) is 11.8 Å². The van der Waals surface area contributed by atoms with Crippen LogP contribution in [0.15, 0.2) is 29.9 Å². The first kappa shape index (κ1) is 9.56. The van der Waals surface area contributed by atoms with Crippen LogP contribution in [0.5, 0.6) is 0 Å². The number of carbonyl (C=O) groups excluding carboxylic acids is 1. The van der Waals surface area contributed by atoms with Crippen LogP contribution in [-0.2, 0) is 4.79 Å². The Labute approximate surface area is 90.8 Å². The van der Waals surface area contributed by atoms with Crippen LogP contribution in [0.4, 0.5) is 0 Å². The molecular formula is C11H6N2OS. The molecule has 2 aromatic heterocycles. The number of rotatable bonds is 1. The van der Waals surface area contributed by atoms with Crippen molar-refractivity contribution in [3.05, 3.63) is 34.8 Å². The molecule has 72 valence electrons. The highest BCUT2D eigenvalue weighted by atomic mass is 32.1. The summed E-state index contributed by atoms with van der Waals surface area (Å²) in [7, 11) is 0. The van der Waals surface area contributed by atoms with E-state index >= 15 is 0 Å². The van der Waals surface area contributed by atoms with Crippen molar-refractivity contribution in [2.45, 2.75) is 0 Å². The van der Waals surface area contributed by atoms with E-state index in [1.807, 2.05) is 11.4 Å². The zero-order chi connectivity index (χ0) is 10.5. The first-order valence-electron chi connectivity index (χ1n) is 4.21. The minimum Gasteiger partial charge on any atom is -0.289 e. The normalized spacial score (nSPS) is 9.07. The van der Waals surface area contributed by atoms with Crippen LogP contribution < -0.4 is 0 Å². The highest BCUT2D eigenvalue weighted by Gasteiger charge is 2.02. The van der Waals surface area contributed by atoms with Gasteiger partial charge in [-0.2, -0.15) is 0 Å². The molecular weight excluding hydrogens is 208 g/mol. The number of carbonyl (C=O) groups is 1. The van der Waals surface area contributed by atoms with E-state index in [2.05, 4.69) is 21.8 Å². The Balaban J connectivity index is 2.32. The molecule has 0 radical (unpaired) electrons. The lowest BCUT2D eigenvalue weighted by molar-refractivity contribution is -0.103.